The van der Waals surface area contributed by atoms with Gasteiger partial charge >= 0.3 is 0 Å². The molecule has 5 heteroatoms. The van der Waals surface area contributed by atoms with Crippen molar-refractivity contribution in [2.75, 3.05) is 37.7 Å². The molecule has 0 saturated carbocycles. The molecule has 1 heterocycles. The van der Waals surface area contributed by atoms with E-state index in [0.29, 0.717) is 19.0 Å². The van der Waals surface area contributed by atoms with Crippen LogP contribution in [0.3, 0.4) is 0 Å². The van der Waals surface area contributed by atoms with E-state index in [1.165, 1.54) is 5.56 Å². The van der Waals surface area contributed by atoms with Crippen LogP contribution in [0.4, 0.5) is 5.69 Å². The monoisotopic (exact) mass is 372 g/mol. The third kappa shape index (κ3) is 4.50. The van der Waals surface area contributed by atoms with Gasteiger partial charge in [0.1, 0.15) is 5.75 Å². The molecule has 0 N–H and O–H groups in total. The summed E-state index contributed by atoms with van der Waals surface area (Å²) < 4.78 is 5.72. The highest BCUT2D eigenvalue weighted by molar-refractivity contribution is 6.33. The Bertz CT molecular complexity index is 755. The summed E-state index contributed by atoms with van der Waals surface area (Å²) in [4.78, 5) is 16.5. The predicted octanol–water partition coefficient (Wildman–Crippen LogP) is 4.19. The van der Waals surface area contributed by atoms with Crippen LogP contribution in [0.1, 0.15) is 25.3 Å². The Balaban J connectivity index is 1.51. The predicted molar refractivity (Wildman–Crippen MR) is 106 cm³/mol. The van der Waals surface area contributed by atoms with Crippen molar-refractivity contribution in [2.45, 2.75) is 19.8 Å². The van der Waals surface area contributed by atoms with Gasteiger partial charge in [0.25, 0.3) is 5.91 Å². The Morgan fingerprint density at radius 3 is 2.50 bits per heavy atom. The SMILES string of the molecule is CC(C)c1cccc(OCC(=O)N2CCN(c3ccccc3Cl)CC2)c1. The van der Waals surface area contributed by atoms with Gasteiger partial charge in [0.2, 0.25) is 0 Å². The minimum absolute atomic E-state index is 0.0266. The lowest BCUT2D eigenvalue weighted by Crippen LogP contribution is -2.50. The quantitative estimate of drug-likeness (QED) is 0.788. The van der Waals surface area contributed by atoms with Crippen molar-refractivity contribution < 1.29 is 9.53 Å². The van der Waals surface area contributed by atoms with Crippen LogP contribution >= 0.6 is 11.6 Å². The van der Waals surface area contributed by atoms with Gasteiger partial charge in [0.15, 0.2) is 6.61 Å². The highest BCUT2D eigenvalue weighted by Gasteiger charge is 2.22. The lowest BCUT2D eigenvalue weighted by molar-refractivity contribution is -0.133. The van der Waals surface area contributed by atoms with E-state index in [-0.39, 0.29) is 12.5 Å². The van der Waals surface area contributed by atoms with Gasteiger partial charge in [-0.15, -0.1) is 0 Å². The molecule has 3 rings (SSSR count). The second-order valence-electron chi connectivity index (χ2n) is 6.84. The number of benzene rings is 2. The number of nitrogens with zero attached hydrogens (tertiary/aromatic N) is 2. The van der Waals surface area contributed by atoms with E-state index in [0.717, 1.165) is 29.5 Å². The molecule has 2 aromatic carbocycles. The summed E-state index contributed by atoms with van der Waals surface area (Å²) in [5.74, 6) is 1.21. The van der Waals surface area contributed by atoms with E-state index in [1.54, 1.807) is 0 Å². The van der Waals surface area contributed by atoms with Crippen molar-refractivity contribution in [1.29, 1.82) is 0 Å². The molecule has 1 saturated heterocycles. The first kappa shape index (κ1) is 18.6. The maximum Gasteiger partial charge on any atom is 0.260 e. The number of ether oxygens (including phenoxy) is 1. The standard InChI is InChI=1S/C21H25ClN2O2/c1-16(2)17-6-5-7-18(14-17)26-15-21(25)24-12-10-23(11-13-24)20-9-4-3-8-19(20)22/h3-9,14,16H,10-13,15H2,1-2H3. The van der Waals surface area contributed by atoms with Crippen molar-refractivity contribution in [3.63, 3.8) is 0 Å². The molecule has 1 amide bonds. The summed E-state index contributed by atoms with van der Waals surface area (Å²) in [5.41, 5.74) is 2.24. The van der Waals surface area contributed by atoms with Gasteiger partial charge in [0.05, 0.1) is 10.7 Å². The van der Waals surface area contributed by atoms with Crippen molar-refractivity contribution in [2.24, 2.45) is 0 Å². The number of halogens is 1. The highest BCUT2D eigenvalue weighted by Crippen LogP contribution is 2.26. The summed E-state index contributed by atoms with van der Waals surface area (Å²) in [6, 6.07) is 15.8. The van der Waals surface area contributed by atoms with Gasteiger partial charge < -0.3 is 14.5 Å². The van der Waals surface area contributed by atoms with Crippen LogP contribution in [0, 0.1) is 0 Å². The smallest absolute Gasteiger partial charge is 0.260 e. The van der Waals surface area contributed by atoms with E-state index in [4.69, 9.17) is 16.3 Å². The molecule has 1 aliphatic heterocycles. The first-order chi connectivity index (χ1) is 12.5. The summed E-state index contributed by atoms with van der Waals surface area (Å²) in [7, 11) is 0. The number of piperazine rings is 1. The highest BCUT2D eigenvalue weighted by atomic mass is 35.5. The Morgan fingerprint density at radius 2 is 1.81 bits per heavy atom. The second-order valence-corrected chi connectivity index (χ2v) is 7.24. The number of hydrogen-bond acceptors (Lipinski definition) is 3. The van der Waals surface area contributed by atoms with Crippen LogP contribution in [-0.2, 0) is 4.79 Å². The van der Waals surface area contributed by atoms with Gasteiger partial charge in [-0.3, -0.25) is 4.79 Å². The molecule has 0 unspecified atom stereocenters. The number of carbonyl (C=O) groups is 1. The summed E-state index contributed by atoms with van der Waals surface area (Å²) >= 11 is 6.27. The molecule has 0 bridgehead atoms. The molecule has 0 aromatic heterocycles. The summed E-state index contributed by atoms with van der Waals surface area (Å²) in [6.45, 7) is 7.27. The maximum atomic E-state index is 12.5. The normalized spacial score (nSPS) is 14.6. The third-order valence-corrected chi connectivity index (χ3v) is 5.03. The van der Waals surface area contributed by atoms with E-state index < -0.39 is 0 Å². The average Bonchev–Trinajstić information content (AvgIpc) is 2.67. The largest absolute Gasteiger partial charge is 0.484 e. The van der Waals surface area contributed by atoms with E-state index in [2.05, 4.69) is 24.8 Å². The average molecular weight is 373 g/mol. The summed E-state index contributed by atoms with van der Waals surface area (Å²) in [5, 5.41) is 0.751. The molecule has 4 nitrogen and oxygen atoms in total. The zero-order valence-corrected chi connectivity index (χ0v) is 16.1. The number of hydrogen-bond donors (Lipinski definition) is 0. The van der Waals surface area contributed by atoms with Crippen molar-refractivity contribution in [3.8, 4) is 5.75 Å². The first-order valence-corrected chi connectivity index (χ1v) is 9.42. The number of amides is 1. The molecule has 26 heavy (non-hydrogen) atoms. The van der Waals surface area contributed by atoms with Gasteiger partial charge in [-0.05, 0) is 35.7 Å². The number of para-hydroxylation sites is 1. The van der Waals surface area contributed by atoms with Gasteiger partial charge in [-0.2, -0.15) is 0 Å². The van der Waals surface area contributed by atoms with Crippen LogP contribution in [0.5, 0.6) is 5.75 Å². The van der Waals surface area contributed by atoms with E-state index >= 15 is 0 Å². The Hall–Kier alpha value is -2.20. The minimum Gasteiger partial charge on any atom is -0.484 e. The topological polar surface area (TPSA) is 32.8 Å². The number of carbonyl (C=O) groups excluding carboxylic acids is 1. The van der Waals surface area contributed by atoms with Crippen LogP contribution in [-0.4, -0.2) is 43.6 Å². The molecule has 0 aliphatic carbocycles. The fourth-order valence-corrected chi connectivity index (χ4v) is 3.36. The maximum absolute atomic E-state index is 12.5. The van der Waals surface area contributed by atoms with Crippen LogP contribution < -0.4 is 9.64 Å². The minimum atomic E-state index is 0.0266. The molecule has 0 spiro atoms. The first-order valence-electron chi connectivity index (χ1n) is 9.04. The molecule has 2 aromatic rings. The van der Waals surface area contributed by atoms with Crippen LogP contribution in [0.25, 0.3) is 0 Å². The molecule has 0 atom stereocenters. The Kier molecular flexibility index (Phi) is 6.04. The number of rotatable bonds is 5. The molecule has 138 valence electrons. The third-order valence-electron chi connectivity index (χ3n) is 4.71. The number of anilines is 1. The van der Waals surface area contributed by atoms with Crippen molar-refractivity contribution in [3.05, 3.63) is 59.1 Å². The van der Waals surface area contributed by atoms with E-state index in [1.807, 2.05) is 47.4 Å². The van der Waals surface area contributed by atoms with Crippen molar-refractivity contribution in [1.82, 2.24) is 4.90 Å². The van der Waals surface area contributed by atoms with Gasteiger partial charge in [-0.1, -0.05) is 49.7 Å². The second kappa shape index (κ2) is 8.45. The van der Waals surface area contributed by atoms with Crippen LogP contribution in [0.15, 0.2) is 48.5 Å². The van der Waals surface area contributed by atoms with Gasteiger partial charge in [0, 0.05) is 26.2 Å². The lowest BCUT2D eigenvalue weighted by atomic mass is 10.0. The summed E-state index contributed by atoms with van der Waals surface area (Å²) in [6.07, 6.45) is 0. The molecule has 1 aliphatic rings. The Morgan fingerprint density at radius 1 is 1.08 bits per heavy atom. The molecular formula is C21H25ClN2O2. The fraction of sp³-hybridized carbons (Fsp3) is 0.381. The van der Waals surface area contributed by atoms with Gasteiger partial charge in [-0.25, -0.2) is 0 Å². The van der Waals surface area contributed by atoms with E-state index in [9.17, 15) is 4.79 Å². The lowest BCUT2D eigenvalue weighted by Gasteiger charge is -2.36. The molecule has 1 fully saturated rings. The fourth-order valence-electron chi connectivity index (χ4n) is 3.10. The Labute approximate surface area is 160 Å². The zero-order chi connectivity index (χ0) is 18.5. The molecule has 0 radical (unpaired) electrons. The van der Waals surface area contributed by atoms with Crippen molar-refractivity contribution >= 4 is 23.2 Å². The molecular weight excluding hydrogens is 348 g/mol. The van der Waals surface area contributed by atoms with Crippen LogP contribution in [0.2, 0.25) is 5.02 Å². The zero-order valence-electron chi connectivity index (χ0n) is 15.3.